The van der Waals surface area contributed by atoms with Gasteiger partial charge in [-0.3, -0.25) is 4.79 Å². The van der Waals surface area contributed by atoms with Crippen LogP contribution in [0.15, 0.2) is 34.7 Å². The summed E-state index contributed by atoms with van der Waals surface area (Å²) in [6.07, 6.45) is 3.63. The predicted octanol–water partition coefficient (Wildman–Crippen LogP) is 4.86. The summed E-state index contributed by atoms with van der Waals surface area (Å²) in [4.78, 5) is 21.0. The third-order valence-corrected chi connectivity index (χ3v) is 5.86. The predicted molar refractivity (Wildman–Crippen MR) is 114 cm³/mol. The molecule has 1 amide bonds. The molecule has 7 nitrogen and oxygen atoms in total. The van der Waals surface area contributed by atoms with E-state index >= 15 is 0 Å². The molecular weight excluding hydrogens is 420 g/mol. The van der Waals surface area contributed by atoms with Crippen molar-refractivity contribution in [1.29, 1.82) is 0 Å². The molecule has 4 rings (SSSR count). The van der Waals surface area contributed by atoms with Gasteiger partial charge in [0.05, 0.1) is 12.8 Å². The molecule has 0 saturated heterocycles. The van der Waals surface area contributed by atoms with Gasteiger partial charge >= 0.3 is 0 Å². The molecule has 0 unspecified atom stereocenters. The molecule has 1 aromatic carbocycles. The maximum atomic E-state index is 13.6. The molecule has 1 saturated carbocycles. The molecule has 2 heterocycles. The number of aliphatic hydroxyl groups is 1. The smallest absolute Gasteiger partial charge is 0.287 e. The van der Waals surface area contributed by atoms with Crippen LogP contribution in [0.1, 0.15) is 60.6 Å². The van der Waals surface area contributed by atoms with Gasteiger partial charge in [-0.05, 0) is 43.7 Å². The molecule has 32 heavy (non-hydrogen) atoms. The van der Waals surface area contributed by atoms with E-state index in [1.807, 2.05) is 0 Å². The van der Waals surface area contributed by atoms with Crippen LogP contribution in [-0.2, 0) is 5.92 Å². The standard InChI is InChI=1S/C23H25F2N3O4/c1-23(24,25)20-5-3-4-15(26-20)21(30)27-16-11-19-17(10-18(16)31-2)28-22(32-19)14-8-6-13(12-29)7-9-14/h3-5,10-11,13-14,29H,6-9,12H2,1-2H3,(H,27,30). The summed E-state index contributed by atoms with van der Waals surface area (Å²) < 4.78 is 38.5. The molecule has 0 aliphatic heterocycles. The molecule has 0 radical (unpaired) electrons. The molecule has 0 atom stereocenters. The van der Waals surface area contributed by atoms with Crippen molar-refractivity contribution in [2.75, 3.05) is 19.0 Å². The highest BCUT2D eigenvalue weighted by Gasteiger charge is 2.28. The van der Waals surface area contributed by atoms with Gasteiger partial charge in [-0.1, -0.05) is 6.07 Å². The number of carbonyl (C=O) groups is 1. The van der Waals surface area contributed by atoms with Crippen LogP contribution in [0.5, 0.6) is 5.75 Å². The van der Waals surface area contributed by atoms with Gasteiger partial charge in [-0.15, -0.1) is 0 Å². The fraction of sp³-hybridized carbons (Fsp3) is 0.435. The number of ether oxygens (including phenoxy) is 1. The number of hydrogen-bond acceptors (Lipinski definition) is 6. The number of anilines is 1. The Morgan fingerprint density at radius 2 is 2.00 bits per heavy atom. The molecule has 3 aromatic rings. The molecule has 0 spiro atoms. The van der Waals surface area contributed by atoms with Crippen molar-refractivity contribution in [2.24, 2.45) is 5.92 Å². The molecular formula is C23H25F2N3O4. The fourth-order valence-electron chi connectivity index (χ4n) is 4.00. The van der Waals surface area contributed by atoms with Crippen LogP contribution in [-0.4, -0.2) is 34.7 Å². The van der Waals surface area contributed by atoms with Crippen molar-refractivity contribution in [2.45, 2.75) is 44.4 Å². The largest absolute Gasteiger partial charge is 0.494 e. The number of methoxy groups -OCH3 is 1. The second kappa shape index (κ2) is 8.82. The number of alkyl halides is 2. The Morgan fingerprint density at radius 3 is 2.66 bits per heavy atom. The highest BCUT2D eigenvalue weighted by atomic mass is 19.3. The normalized spacial score (nSPS) is 19.2. The van der Waals surface area contributed by atoms with E-state index in [4.69, 9.17) is 9.15 Å². The van der Waals surface area contributed by atoms with Crippen LogP contribution in [0.25, 0.3) is 11.1 Å². The van der Waals surface area contributed by atoms with Gasteiger partial charge in [0.15, 0.2) is 11.5 Å². The molecule has 9 heteroatoms. The number of benzene rings is 1. The first-order chi connectivity index (χ1) is 15.3. The number of oxazole rings is 1. The Morgan fingerprint density at radius 1 is 1.25 bits per heavy atom. The average molecular weight is 445 g/mol. The number of hydrogen-bond donors (Lipinski definition) is 2. The van der Waals surface area contributed by atoms with E-state index in [2.05, 4.69) is 15.3 Å². The minimum atomic E-state index is -3.15. The first-order valence-corrected chi connectivity index (χ1v) is 10.5. The third kappa shape index (κ3) is 4.57. The summed E-state index contributed by atoms with van der Waals surface area (Å²) in [5.74, 6) is -2.29. The lowest BCUT2D eigenvalue weighted by atomic mass is 9.82. The minimum Gasteiger partial charge on any atom is -0.494 e. The summed E-state index contributed by atoms with van der Waals surface area (Å²) in [7, 11) is 1.46. The summed E-state index contributed by atoms with van der Waals surface area (Å²) in [5, 5.41) is 12.0. The quantitative estimate of drug-likeness (QED) is 0.562. The second-order valence-electron chi connectivity index (χ2n) is 8.22. The molecule has 1 fully saturated rings. The van der Waals surface area contributed by atoms with Crippen LogP contribution >= 0.6 is 0 Å². The highest BCUT2D eigenvalue weighted by Crippen LogP contribution is 2.38. The first-order valence-electron chi connectivity index (χ1n) is 10.5. The topological polar surface area (TPSA) is 97.5 Å². The van der Waals surface area contributed by atoms with E-state index in [1.54, 1.807) is 12.1 Å². The van der Waals surface area contributed by atoms with E-state index in [0.717, 1.165) is 32.6 Å². The lowest BCUT2D eigenvalue weighted by molar-refractivity contribution is 0.0126. The van der Waals surface area contributed by atoms with E-state index in [1.165, 1.54) is 25.3 Å². The molecule has 2 N–H and O–H groups in total. The number of aromatic nitrogens is 2. The van der Waals surface area contributed by atoms with Gasteiger partial charge < -0.3 is 19.6 Å². The number of rotatable bonds is 6. The van der Waals surface area contributed by atoms with Crippen molar-refractivity contribution < 1.29 is 27.8 Å². The van der Waals surface area contributed by atoms with Gasteiger partial charge in [0.25, 0.3) is 11.8 Å². The van der Waals surface area contributed by atoms with Gasteiger partial charge in [0.2, 0.25) is 0 Å². The van der Waals surface area contributed by atoms with E-state index in [0.29, 0.717) is 34.3 Å². The van der Waals surface area contributed by atoms with Crippen LogP contribution in [0.4, 0.5) is 14.5 Å². The molecule has 0 bridgehead atoms. The Kier molecular flexibility index (Phi) is 6.10. The van der Waals surface area contributed by atoms with Gasteiger partial charge in [-0.25, -0.2) is 9.97 Å². The fourth-order valence-corrected chi connectivity index (χ4v) is 4.00. The van der Waals surface area contributed by atoms with Crippen molar-refractivity contribution in [3.05, 3.63) is 47.6 Å². The SMILES string of the molecule is COc1cc2nc(C3CCC(CO)CC3)oc2cc1NC(=O)c1cccc(C(C)(F)F)n1. The zero-order chi connectivity index (χ0) is 22.9. The van der Waals surface area contributed by atoms with E-state index in [-0.39, 0.29) is 18.2 Å². The summed E-state index contributed by atoms with van der Waals surface area (Å²) >= 11 is 0. The summed E-state index contributed by atoms with van der Waals surface area (Å²) in [5.41, 5.74) is 0.799. The Labute approximate surface area is 183 Å². The first kappa shape index (κ1) is 22.1. The van der Waals surface area contributed by atoms with Gasteiger partial charge in [-0.2, -0.15) is 8.78 Å². The summed E-state index contributed by atoms with van der Waals surface area (Å²) in [6, 6.07) is 7.18. The molecule has 170 valence electrons. The van der Waals surface area contributed by atoms with Crippen molar-refractivity contribution >= 4 is 22.7 Å². The van der Waals surface area contributed by atoms with E-state index < -0.39 is 17.5 Å². The van der Waals surface area contributed by atoms with Crippen molar-refractivity contribution in [3.63, 3.8) is 0 Å². The summed E-state index contributed by atoms with van der Waals surface area (Å²) in [6.45, 7) is 0.930. The number of fused-ring (bicyclic) bond motifs is 1. The second-order valence-corrected chi connectivity index (χ2v) is 8.22. The zero-order valence-corrected chi connectivity index (χ0v) is 17.9. The Bertz CT molecular complexity index is 1120. The average Bonchev–Trinajstić information content (AvgIpc) is 3.21. The molecule has 1 aliphatic carbocycles. The minimum absolute atomic E-state index is 0.134. The number of nitrogens with zero attached hydrogens (tertiary/aromatic N) is 2. The van der Waals surface area contributed by atoms with Gasteiger partial charge in [0, 0.05) is 31.6 Å². The van der Waals surface area contributed by atoms with Crippen molar-refractivity contribution in [1.82, 2.24) is 9.97 Å². The molecule has 1 aliphatic rings. The monoisotopic (exact) mass is 445 g/mol. The van der Waals surface area contributed by atoms with E-state index in [9.17, 15) is 18.7 Å². The lowest BCUT2D eigenvalue weighted by Crippen LogP contribution is -2.17. The number of halogens is 2. The van der Waals surface area contributed by atoms with Gasteiger partial charge in [0.1, 0.15) is 22.7 Å². The van der Waals surface area contributed by atoms with Crippen LogP contribution < -0.4 is 10.1 Å². The maximum Gasteiger partial charge on any atom is 0.287 e. The number of aliphatic hydroxyl groups excluding tert-OH is 1. The third-order valence-electron chi connectivity index (χ3n) is 5.86. The van der Waals surface area contributed by atoms with Crippen LogP contribution in [0.2, 0.25) is 0 Å². The maximum absolute atomic E-state index is 13.6. The number of carbonyl (C=O) groups excluding carboxylic acids is 1. The number of amides is 1. The number of pyridine rings is 1. The Hall–Kier alpha value is -3.07. The Balaban J connectivity index is 1.58. The lowest BCUT2D eigenvalue weighted by Gasteiger charge is -2.24. The molecule has 2 aromatic heterocycles. The number of nitrogens with one attached hydrogen (secondary N) is 1. The highest BCUT2D eigenvalue weighted by molar-refractivity contribution is 6.04. The van der Waals surface area contributed by atoms with Crippen LogP contribution in [0, 0.1) is 5.92 Å². The van der Waals surface area contributed by atoms with Crippen LogP contribution in [0.3, 0.4) is 0 Å². The zero-order valence-electron chi connectivity index (χ0n) is 17.9. The van der Waals surface area contributed by atoms with Crippen molar-refractivity contribution in [3.8, 4) is 5.75 Å².